The van der Waals surface area contributed by atoms with Gasteiger partial charge in [0.15, 0.2) is 0 Å². The van der Waals surface area contributed by atoms with Crippen molar-refractivity contribution in [2.45, 2.75) is 43.0 Å². The monoisotopic (exact) mass is 384 g/mol. The van der Waals surface area contributed by atoms with Crippen molar-refractivity contribution in [3.05, 3.63) is 23.8 Å². The quantitative estimate of drug-likeness (QED) is 0.736. The van der Waals surface area contributed by atoms with E-state index in [1.807, 2.05) is 0 Å². The predicted molar refractivity (Wildman–Crippen MR) is 94.8 cm³/mol. The Hall–Kier alpha value is -2.13. The minimum absolute atomic E-state index is 0.00353. The fourth-order valence-corrected chi connectivity index (χ4v) is 4.07. The van der Waals surface area contributed by atoms with Gasteiger partial charge in [-0.15, -0.1) is 0 Å². The molecule has 2 rings (SSSR count). The molecule has 0 spiro atoms. The lowest BCUT2D eigenvalue weighted by Crippen LogP contribution is -2.44. The van der Waals surface area contributed by atoms with E-state index in [1.165, 1.54) is 32.4 Å². The highest BCUT2D eigenvalue weighted by Crippen LogP contribution is 2.28. The van der Waals surface area contributed by atoms with Crippen LogP contribution in [-0.2, 0) is 14.8 Å². The topological polar surface area (TPSA) is 113 Å². The summed E-state index contributed by atoms with van der Waals surface area (Å²) >= 11 is 0. The first kappa shape index (κ1) is 20.2. The highest BCUT2D eigenvalue weighted by Gasteiger charge is 2.29. The summed E-state index contributed by atoms with van der Waals surface area (Å²) in [6.45, 7) is 0.531. The number of nitrogens with one attached hydrogen (secondary N) is 1. The molecule has 0 aliphatic carbocycles. The molecule has 1 unspecified atom stereocenters. The van der Waals surface area contributed by atoms with Crippen molar-refractivity contribution >= 4 is 21.9 Å². The van der Waals surface area contributed by atoms with Crippen LogP contribution in [0.5, 0.6) is 5.75 Å². The fraction of sp³-hybridized carbons (Fsp3) is 0.529. The van der Waals surface area contributed by atoms with E-state index in [0.29, 0.717) is 13.0 Å². The van der Waals surface area contributed by atoms with Crippen molar-refractivity contribution in [3.8, 4) is 5.75 Å². The molecule has 1 aliphatic rings. The number of hydrogen-bond acceptors (Lipinski definition) is 5. The number of piperidine rings is 1. The zero-order chi connectivity index (χ0) is 19.3. The average Bonchev–Trinajstić information content (AvgIpc) is 2.65. The van der Waals surface area contributed by atoms with Gasteiger partial charge in [0.25, 0.3) is 5.91 Å². The van der Waals surface area contributed by atoms with Gasteiger partial charge in [-0.3, -0.25) is 9.59 Å². The first-order valence-corrected chi connectivity index (χ1v) is 9.93. The second-order valence-corrected chi connectivity index (χ2v) is 8.01. The molecular weight excluding hydrogens is 360 g/mol. The van der Waals surface area contributed by atoms with E-state index in [9.17, 15) is 18.0 Å². The molecule has 144 valence electrons. The second kappa shape index (κ2) is 8.50. The number of aliphatic carboxylic acids is 1. The molecule has 1 saturated heterocycles. The number of benzene rings is 1. The molecule has 0 radical (unpaired) electrons. The normalized spacial score (nSPS) is 17.8. The number of rotatable bonds is 7. The van der Waals surface area contributed by atoms with Gasteiger partial charge in [-0.25, -0.2) is 13.1 Å². The average molecular weight is 384 g/mol. The van der Waals surface area contributed by atoms with Crippen molar-refractivity contribution in [1.29, 1.82) is 0 Å². The van der Waals surface area contributed by atoms with Gasteiger partial charge in [-0.05, 0) is 50.9 Å². The third-order valence-corrected chi connectivity index (χ3v) is 5.98. The Morgan fingerprint density at radius 1 is 1.35 bits per heavy atom. The van der Waals surface area contributed by atoms with E-state index >= 15 is 0 Å². The fourth-order valence-electron chi connectivity index (χ4n) is 3.15. The molecule has 1 aromatic carbocycles. The maximum absolute atomic E-state index is 12.9. The van der Waals surface area contributed by atoms with Crippen LogP contribution in [0.3, 0.4) is 0 Å². The molecular formula is C17H24N2O6S. The summed E-state index contributed by atoms with van der Waals surface area (Å²) in [5.41, 5.74) is 0.238. The van der Waals surface area contributed by atoms with Gasteiger partial charge >= 0.3 is 5.97 Å². The summed E-state index contributed by atoms with van der Waals surface area (Å²) in [5, 5.41) is 8.91. The van der Waals surface area contributed by atoms with E-state index in [2.05, 4.69) is 4.72 Å². The van der Waals surface area contributed by atoms with Crippen molar-refractivity contribution in [2.24, 2.45) is 0 Å². The molecule has 1 aliphatic heterocycles. The third-order valence-electron chi connectivity index (χ3n) is 4.55. The summed E-state index contributed by atoms with van der Waals surface area (Å²) in [6.07, 6.45) is 2.91. The molecule has 1 amide bonds. The number of carbonyl (C=O) groups is 2. The molecule has 26 heavy (non-hydrogen) atoms. The van der Waals surface area contributed by atoms with Crippen molar-refractivity contribution in [2.75, 3.05) is 20.7 Å². The van der Waals surface area contributed by atoms with Crippen LogP contribution in [0, 0.1) is 0 Å². The zero-order valence-corrected chi connectivity index (χ0v) is 15.7. The van der Waals surface area contributed by atoms with Crippen LogP contribution in [0.2, 0.25) is 0 Å². The molecule has 9 heteroatoms. The van der Waals surface area contributed by atoms with E-state index < -0.39 is 16.0 Å². The molecule has 1 aromatic rings. The lowest BCUT2D eigenvalue weighted by molar-refractivity contribution is -0.137. The summed E-state index contributed by atoms with van der Waals surface area (Å²) in [5.74, 6) is -1.04. The molecule has 1 heterocycles. The Labute approximate surface area is 153 Å². The minimum atomic E-state index is -3.79. The number of hydrogen-bond donors (Lipinski definition) is 2. The number of carboxylic acids is 1. The smallest absolute Gasteiger partial charge is 0.303 e. The van der Waals surface area contributed by atoms with E-state index in [0.717, 1.165) is 19.3 Å². The van der Waals surface area contributed by atoms with Crippen LogP contribution in [-0.4, -0.2) is 57.0 Å². The van der Waals surface area contributed by atoms with Gasteiger partial charge in [0.1, 0.15) is 10.6 Å². The lowest BCUT2D eigenvalue weighted by Gasteiger charge is -2.35. The number of amides is 1. The summed E-state index contributed by atoms with van der Waals surface area (Å²) in [4.78, 5) is 25.4. The number of carboxylic acid groups (broad SMARTS) is 1. The summed E-state index contributed by atoms with van der Waals surface area (Å²) in [6, 6.07) is 4.13. The van der Waals surface area contributed by atoms with Crippen LogP contribution in [0.4, 0.5) is 0 Å². The van der Waals surface area contributed by atoms with E-state index in [1.54, 1.807) is 4.90 Å². The van der Waals surface area contributed by atoms with Crippen molar-refractivity contribution in [3.63, 3.8) is 0 Å². The lowest BCUT2D eigenvalue weighted by atomic mass is 9.97. The standard InChI is InChI=1S/C17H24N2O6S/c1-18-26(23,24)15-11-12(6-8-14(15)25-2)17(22)19-10-4-3-5-13(19)7-9-16(20)21/h6,8,11,13,18H,3-5,7,9-10H2,1-2H3,(H,20,21). The van der Waals surface area contributed by atoms with Crippen LogP contribution < -0.4 is 9.46 Å². The highest BCUT2D eigenvalue weighted by molar-refractivity contribution is 7.89. The maximum Gasteiger partial charge on any atom is 0.303 e. The third kappa shape index (κ3) is 4.53. The number of sulfonamides is 1. The first-order chi connectivity index (χ1) is 12.3. The van der Waals surface area contributed by atoms with E-state index in [-0.39, 0.29) is 34.6 Å². The number of carbonyl (C=O) groups excluding carboxylic acids is 1. The Bertz CT molecular complexity index is 777. The van der Waals surface area contributed by atoms with Crippen LogP contribution in [0.25, 0.3) is 0 Å². The Balaban J connectivity index is 2.32. The molecule has 0 saturated carbocycles. The summed E-state index contributed by atoms with van der Waals surface area (Å²) in [7, 11) is -1.14. The molecule has 1 atom stereocenters. The predicted octanol–water partition coefficient (Wildman–Crippen LogP) is 1.46. The van der Waals surface area contributed by atoms with Gasteiger partial charge in [-0.2, -0.15) is 0 Å². The Morgan fingerprint density at radius 3 is 2.69 bits per heavy atom. The number of ether oxygens (including phenoxy) is 1. The number of likely N-dealkylation sites (tertiary alicyclic amines) is 1. The Kier molecular flexibility index (Phi) is 6.60. The maximum atomic E-state index is 12.9. The second-order valence-electron chi connectivity index (χ2n) is 6.15. The van der Waals surface area contributed by atoms with E-state index in [4.69, 9.17) is 9.84 Å². The van der Waals surface area contributed by atoms with Gasteiger partial charge in [0.2, 0.25) is 10.0 Å². The molecule has 8 nitrogen and oxygen atoms in total. The van der Waals surface area contributed by atoms with Crippen molar-refractivity contribution < 1.29 is 27.9 Å². The van der Waals surface area contributed by atoms with Gasteiger partial charge < -0.3 is 14.7 Å². The van der Waals surface area contributed by atoms with Crippen LogP contribution in [0.15, 0.2) is 23.1 Å². The van der Waals surface area contributed by atoms with Crippen LogP contribution >= 0.6 is 0 Å². The molecule has 0 bridgehead atoms. The van der Waals surface area contributed by atoms with Crippen LogP contribution in [0.1, 0.15) is 42.5 Å². The Morgan fingerprint density at radius 2 is 2.08 bits per heavy atom. The zero-order valence-electron chi connectivity index (χ0n) is 14.9. The van der Waals surface area contributed by atoms with Gasteiger partial charge in [0.05, 0.1) is 7.11 Å². The number of nitrogens with zero attached hydrogens (tertiary/aromatic N) is 1. The van der Waals surface area contributed by atoms with Gasteiger partial charge in [-0.1, -0.05) is 0 Å². The van der Waals surface area contributed by atoms with Gasteiger partial charge in [0, 0.05) is 24.6 Å². The highest BCUT2D eigenvalue weighted by atomic mass is 32.2. The molecule has 0 aromatic heterocycles. The SMILES string of the molecule is CNS(=O)(=O)c1cc(C(=O)N2CCCCC2CCC(=O)O)ccc1OC. The first-order valence-electron chi connectivity index (χ1n) is 8.44. The van der Waals surface area contributed by atoms with Crippen molar-refractivity contribution in [1.82, 2.24) is 9.62 Å². The minimum Gasteiger partial charge on any atom is -0.495 e. The summed E-state index contributed by atoms with van der Waals surface area (Å²) < 4.78 is 31.7. The molecule has 1 fully saturated rings. The number of methoxy groups -OCH3 is 1. The largest absolute Gasteiger partial charge is 0.495 e. The molecule has 2 N–H and O–H groups in total.